The molecule has 1 N–H and O–H groups in total. The minimum Gasteiger partial charge on any atom is -0.391 e. The summed E-state index contributed by atoms with van der Waals surface area (Å²) in [6.07, 6.45) is 1.53. The maximum atomic E-state index is 13.9. The van der Waals surface area contributed by atoms with E-state index in [9.17, 15) is 14.3 Å². The average molecular weight is 370 g/mol. The first kappa shape index (κ1) is 19.4. The summed E-state index contributed by atoms with van der Waals surface area (Å²) < 4.78 is 13.9. The van der Waals surface area contributed by atoms with Crippen molar-refractivity contribution in [3.63, 3.8) is 0 Å². The van der Waals surface area contributed by atoms with Crippen LogP contribution >= 0.6 is 0 Å². The molecule has 4 nitrogen and oxygen atoms in total. The average Bonchev–Trinajstić information content (AvgIpc) is 2.65. The van der Waals surface area contributed by atoms with Crippen molar-refractivity contribution in [1.29, 1.82) is 0 Å². The molecule has 1 heterocycles. The minimum atomic E-state index is -0.456. The number of carbonyl (C=O) groups excluding carboxylic acids is 1. The van der Waals surface area contributed by atoms with E-state index in [1.54, 1.807) is 11.0 Å². The van der Waals surface area contributed by atoms with Crippen LogP contribution < -0.4 is 4.90 Å². The molecular formula is C22H27FN2O2. The van der Waals surface area contributed by atoms with Crippen LogP contribution in [0.5, 0.6) is 0 Å². The second-order valence-corrected chi connectivity index (χ2v) is 7.15. The lowest BCUT2D eigenvalue weighted by molar-refractivity contribution is -0.132. The Morgan fingerprint density at radius 1 is 1.15 bits per heavy atom. The van der Waals surface area contributed by atoms with Gasteiger partial charge in [-0.3, -0.25) is 4.79 Å². The predicted molar refractivity (Wildman–Crippen MR) is 105 cm³/mol. The van der Waals surface area contributed by atoms with Gasteiger partial charge in [-0.15, -0.1) is 0 Å². The number of halogens is 1. The molecule has 1 amide bonds. The second kappa shape index (κ2) is 9.00. The Morgan fingerprint density at radius 3 is 2.67 bits per heavy atom. The van der Waals surface area contributed by atoms with Gasteiger partial charge in [0.2, 0.25) is 5.91 Å². The molecule has 0 fully saturated rings. The first-order chi connectivity index (χ1) is 13.1. The summed E-state index contributed by atoms with van der Waals surface area (Å²) in [5, 5.41) is 10.2. The highest BCUT2D eigenvalue weighted by molar-refractivity contribution is 5.78. The standard InChI is InChI=1S/C22H27FN2O2/c1-2-6-20(26)16-24-12-11-22(27)25(14-17-7-4-3-5-8-17)15-18-13-19(23)9-10-21(18)24/h3-5,7-10,13,20,26H,2,6,11-12,14-16H2,1H3. The first-order valence-electron chi connectivity index (χ1n) is 9.60. The van der Waals surface area contributed by atoms with E-state index in [1.807, 2.05) is 42.2 Å². The summed E-state index contributed by atoms with van der Waals surface area (Å²) in [5.74, 6) is -0.265. The van der Waals surface area contributed by atoms with E-state index in [4.69, 9.17) is 0 Å². The molecule has 0 spiro atoms. The van der Waals surface area contributed by atoms with Crippen LogP contribution in [0, 0.1) is 5.82 Å². The number of amides is 1. The van der Waals surface area contributed by atoms with Crippen LogP contribution in [0.15, 0.2) is 48.5 Å². The number of rotatable bonds is 6. The Labute approximate surface area is 160 Å². The number of nitrogens with zero attached hydrogens (tertiary/aromatic N) is 2. The Morgan fingerprint density at radius 2 is 1.93 bits per heavy atom. The molecule has 27 heavy (non-hydrogen) atoms. The number of β-amino-alcohol motifs (C(OH)–C–C–N with tert-alkyl or cyclic N) is 1. The fourth-order valence-electron chi connectivity index (χ4n) is 3.61. The van der Waals surface area contributed by atoms with Crippen LogP contribution in [0.3, 0.4) is 0 Å². The Hall–Kier alpha value is -2.40. The summed E-state index contributed by atoms with van der Waals surface area (Å²) in [6.45, 7) is 3.88. The minimum absolute atomic E-state index is 0.0451. The van der Waals surface area contributed by atoms with Crippen LogP contribution in [-0.4, -0.2) is 35.1 Å². The maximum Gasteiger partial charge on any atom is 0.224 e. The molecule has 1 atom stereocenters. The normalized spacial score (nSPS) is 15.9. The molecule has 1 unspecified atom stereocenters. The van der Waals surface area contributed by atoms with Crippen molar-refractivity contribution in [3.05, 3.63) is 65.5 Å². The molecular weight excluding hydrogens is 343 g/mol. The van der Waals surface area contributed by atoms with Gasteiger partial charge in [0.05, 0.1) is 6.10 Å². The molecule has 0 aromatic heterocycles. The van der Waals surface area contributed by atoms with Crippen LogP contribution in [0.25, 0.3) is 0 Å². The molecule has 0 aliphatic carbocycles. The number of aliphatic hydroxyl groups is 1. The topological polar surface area (TPSA) is 43.8 Å². The molecule has 2 aromatic carbocycles. The van der Waals surface area contributed by atoms with E-state index < -0.39 is 6.10 Å². The molecule has 0 radical (unpaired) electrons. The maximum absolute atomic E-state index is 13.9. The van der Waals surface area contributed by atoms with Gasteiger partial charge in [0.15, 0.2) is 0 Å². The fourth-order valence-corrected chi connectivity index (χ4v) is 3.61. The zero-order valence-corrected chi connectivity index (χ0v) is 15.8. The van der Waals surface area contributed by atoms with Gasteiger partial charge in [-0.05, 0) is 35.7 Å². The third kappa shape index (κ3) is 5.07. The Kier molecular flexibility index (Phi) is 6.45. The van der Waals surface area contributed by atoms with Gasteiger partial charge in [0.1, 0.15) is 5.82 Å². The number of hydrogen-bond acceptors (Lipinski definition) is 3. The van der Waals surface area contributed by atoms with Gasteiger partial charge < -0.3 is 14.9 Å². The summed E-state index contributed by atoms with van der Waals surface area (Å²) >= 11 is 0. The highest BCUT2D eigenvalue weighted by Gasteiger charge is 2.24. The van der Waals surface area contributed by atoms with Crippen molar-refractivity contribution in [2.75, 3.05) is 18.0 Å². The number of fused-ring (bicyclic) bond motifs is 1. The smallest absolute Gasteiger partial charge is 0.224 e. The van der Waals surface area contributed by atoms with Gasteiger partial charge in [0, 0.05) is 38.3 Å². The molecule has 2 aromatic rings. The zero-order valence-electron chi connectivity index (χ0n) is 15.8. The van der Waals surface area contributed by atoms with Gasteiger partial charge in [-0.1, -0.05) is 43.7 Å². The van der Waals surface area contributed by atoms with Crippen LogP contribution in [-0.2, 0) is 17.9 Å². The van der Waals surface area contributed by atoms with Crippen molar-refractivity contribution >= 4 is 11.6 Å². The number of anilines is 1. The third-order valence-electron chi connectivity index (χ3n) is 4.96. The van der Waals surface area contributed by atoms with Gasteiger partial charge in [-0.25, -0.2) is 4.39 Å². The highest BCUT2D eigenvalue weighted by Crippen LogP contribution is 2.27. The SMILES string of the molecule is CCCC(O)CN1CCC(=O)N(Cc2ccccc2)Cc2cc(F)ccc21. The molecule has 0 saturated heterocycles. The van der Waals surface area contributed by atoms with Crippen molar-refractivity contribution < 1.29 is 14.3 Å². The Bertz CT molecular complexity index is 766. The summed E-state index contributed by atoms with van der Waals surface area (Å²) in [6, 6.07) is 14.6. The molecule has 0 saturated carbocycles. The van der Waals surface area contributed by atoms with Crippen molar-refractivity contribution in [1.82, 2.24) is 4.90 Å². The summed E-state index contributed by atoms with van der Waals surface area (Å²) in [5.41, 5.74) is 2.74. The molecule has 1 aliphatic heterocycles. The summed E-state index contributed by atoms with van der Waals surface area (Å²) in [7, 11) is 0. The molecule has 144 valence electrons. The van der Waals surface area contributed by atoms with Crippen molar-refractivity contribution in [3.8, 4) is 0 Å². The van der Waals surface area contributed by atoms with Crippen molar-refractivity contribution in [2.45, 2.75) is 45.4 Å². The number of aliphatic hydroxyl groups excluding tert-OH is 1. The molecule has 1 aliphatic rings. The third-order valence-corrected chi connectivity index (χ3v) is 4.96. The monoisotopic (exact) mass is 370 g/mol. The number of hydrogen-bond donors (Lipinski definition) is 1. The predicted octanol–water partition coefficient (Wildman–Crippen LogP) is 3.73. The fraction of sp³-hybridized carbons (Fsp3) is 0.409. The Balaban J connectivity index is 1.86. The lowest BCUT2D eigenvalue weighted by Gasteiger charge is -2.34. The van der Waals surface area contributed by atoms with E-state index in [2.05, 4.69) is 0 Å². The van der Waals surface area contributed by atoms with E-state index in [0.29, 0.717) is 39.0 Å². The quantitative estimate of drug-likeness (QED) is 0.843. The van der Waals surface area contributed by atoms with Gasteiger partial charge >= 0.3 is 0 Å². The van der Waals surface area contributed by atoms with Crippen molar-refractivity contribution in [2.24, 2.45) is 0 Å². The van der Waals surface area contributed by atoms with Gasteiger partial charge in [-0.2, -0.15) is 0 Å². The first-order valence-corrected chi connectivity index (χ1v) is 9.60. The molecule has 0 bridgehead atoms. The number of benzene rings is 2. The van der Waals surface area contributed by atoms with Crippen LogP contribution in [0.4, 0.5) is 10.1 Å². The lowest BCUT2D eigenvalue weighted by Crippen LogP contribution is -2.40. The van der Waals surface area contributed by atoms with E-state index in [1.165, 1.54) is 12.1 Å². The van der Waals surface area contributed by atoms with E-state index in [-0.39, 0.29) is 11.7 Å². The largest absolute Gasteiger partial charge is 0.391 e. The van der Waals surface area contributed by atoms with Gasteiger partial charge in [0.25, 0.3) is 0 Å². The van der Waals surface area contributed by atoms with Crippen LogP contribution in [0.2, 0.25) is 0 Å². The second-order valence-electron chi connectivity index (χ2n) is 7.15. The van der Waals surface area contributed by atoms with E-state index in [0.717, 1.165) is 23.2 Å². The highest BCUT2D eigenvalue weighted by atomic mass is 19.1. The zero-order chi connectivity index (χ0) is 19.2. The van der Waals surface area contributed by atoms with E-state index >= 15 is 0 Å². The molecule has 3 rings (SSSR count). The molecule has 5 heteroatoms. The summed E-state index contributed by atoms with van der Waals surface area (Å²) in [4.78, 5) is 16.6. The van der Waals surface area contributed by atoms with Crippen LogP contribution in [0.1, 0.15) is 37.3 Å². The lowest BCUT2D eigenvalue weighted by atomic mass is 10.1. The number of carbonyl (C=O) groups is 1.